The smallest absolute Gasteiger partial charge is 1.00 e. The molecule has 0 heterocycles. The Hall–Kier alpha value is -0.279. The molecule has 3 rings (SSSR count). The van der Waals surface area contributed by atoms with Crippen LogP contribution in [0.2, 0.25) is 0 Å². The molecule has 0 unspecified atom stereocenters. The molecule has 0 spiro atoms. The number of hydrogen-bond donors (Lipinski definition) is 0. The van der Waals surface area contributed by atoms with Crippen molar-refractivity contribution >= 4 is 14.7 Å². The molecule has 2 aromatic rings. The minimum atomic E-state index is -0.341. The maximum absolute atomic E-state index is 3.78. The van der Waals surface area contributed by atoms with Crippen molar-refractivity contribution in [1.29, 1.82) is 0 Å². The fraction of sp³-hybridized carbons (Fsp3) is 0.238. The summed E-state index contributed by atoms with van der Waals surface area (Å²) in [5.74, 6) is 0. The topological polar surface area (TPSA) is 0 Å². The molecule has 136 valence electrons. The standard InChI is InChI=1S/C21H23Si.3ClH.Ti/c1-2-9-18-15-21(22-20-12-7-4-8-13-20)16-19(18)14-17-10-5-3-6-11-17;;;;/h3-8,10-13H,2,9,14-15,22H2,1H3;3*1H;/q-1;;;;+4/p-3. The van der Waals surface area contributed by atoms with Crippen molar-refractivity contribution < 1.29 is 58.9 Å². The fourth-order valence-electron chi connectivity index (χ4n) is 3.17. The van der Waals surface area contributed by atoms with Gasteiger partial charge in [-0.1, -0.05) is 92.0 Å². The molecule has 1 aliphatic carbocycles. The van der Waals surface area contributed by atoms with E-state index >= 15 is 0 Å². The molecule has 0 atom stereocenters. The van der Waals surface area contributed by atoms with Crippen LogP contribution in [-0.4, -0.2) is 9.52 Å². The molecule has 0 radical (unpaired) electrons. The van der Waals surface area contributed by atoms with Crippen LogP contribution in [0.3, 0.4) is 0 Å². The maximum atomic E-state index is 3.78. The second-order valence-corrected chi connectivity index (χ2v) is 8.09. The van der Waals surface area contributed by atoms with E-state index < -0.39 is 0 Å². The number of rotatable bonds is 6. The van der Waals surface area contributed by atoms with E-state index in [9.17, 15) is 0 Å². The molecule has 26 heavy (non-hydrogen) atoms. The Morgan fingerprint density at radius 2 is 1.46 bits per heavy atom. The summed E-state index contributed by atoms with van der Waals surface area (Å²) >= 11 is 0. The minimum absolute atomic E-state index is 0. The van der Waals surface area contributed by atoms with Crippen molar-refractivity contribution in [2.75, 3.05) is 0 Å². The van der Waals surface area contributed by atoms with Gasteiger partial charge in [0.25, 0.3) is 0 Å². The molecule has 1 aliphatic rings. The third kappa shape index (κ3) is 8.17. The Morgan fingerprint density at radius 3 is 2.04 bits per heavy atom. The number of allylic oxidation sites excluding steroid dienone is 4. The summed E-state index contributed by atoms with van der Waals surface area (Å²) in [4.78, 5) is 0. The van der Waals surface area contributed by atoms with Gasteiger partial charge in [-0.25, -0.2) is 11.1 Å². The molecule has 0 aliphatic heterocycles. The summed E-state index contributed by atoms with van der Waals surface area (Å²) in [6, 6.07) is 21.8. The molecule has 0 aromatic heterocycles. The van der Waals surface area contributed by atoms with Crippen LogP contribution in [0.15, 0.2) is 77.0 Å². The Labute approximate surface area is 193 Å². The van der Waals surface area contributed by atoms with Gasteiger partial charge >= 0.3 is 21.7 Å². The second kappa shape index (κ2) is 14.7. The van der Waals surface area contributed by atoms with Gasteiger partial charge in [0, 0.05) is 0 Å². The van der Waals surface area contributed by atoms with Crippen LogP contribution in [0.4, 0.5) is 0 Å². The van der Waals surface area contributed by atoms with Crippen molar-refractivity contribution in [2.24, 2.45) is 0 Å². The van der Waals surface area contributed by atoms with Gasteiger partial charge < -0.3 is 37.2 Å². The first-order valence-corrected chi connectivity index (χ1v) is 9.67. The molecular formula is C21H23Cl3SiTi. The molecule has 0 saturated heterocycles. The van der Waals surface area contributed by atoms with Crippen LogP contribution >= 0.6 is 0 Å². The van der Waals surface area contributed by atoms with Gasteiger partial charge in [-0.2, -0.15) is 5.20 Å². The zero-order valence-corrected chi connectivity index (χ0v) is 20.2. The van der Waals surface area contributed by atoms with Crippen LogP contribution in [0.5, 0.6) is 0 Å². The molecule has 0 N–H and O–H groups in total. The van der Waals surface area contributed by atoms with Crippen LogP contribution in [-0.2, 0) is 28.1 Å². The predicted octanol–water partition coefficient (Wildman–Crippen LogP) is -5.08. The van der Waals surface area contributed by atoms with E-state index in [0.29, 0.717) is 0 Å². The van der Waals surface area contributed by atoms with E-state index in [4.69, 9.17) is 0 Å². The molecule has 0 bridgehead atoms. The molecule has 0 fully saturated rings. The van der Waals surface area contributed by atoms with E-state index in [2.05, 4.69) is 73.7 Å². The predicted molar refractivity (Wildman–Crippen MR) is 98.1 cm³/mol. The zero-order chi connectivity index (χ0) is 15.2. The van der Waals surface area contributed by atoms with Crippen molar-refractivity contribution in [3.63, 3.8) is 0 Å². The normalized spacial score (nSPS) is 12.6. The Bertz CT molecular complexity index is 685. The van der Waals surface area contributed by atoms with Crippen molar-refractivity contribution in [3.8, 4) is 0 Å². The van der Waals surface area contributed by atoms with Crippen molar-refractivity contribution in [3.05, 3.63) is 88.6 Å². The zero-order valence-electron chi connectivity index (χ0n) is 14.9. The van der Waals surface area contributed by atoms with Gasteiger partial charge in [-0.3, -0.25) is 6.08 Å². The maximum Gasteiger partial charge on any atom is 4.00 e. The summed E-state index contributed by atoms with van der Waals surface area (Å²) in [5.41, 5.74) is 4.50. The summed E-state index contributed by atoms with van der Waals surface area (Å²) < 4.78 is 0. The van der Waals surface area contributed by atoms with Gasteiger partial charge in [0.2, 0.25) is 0 Å². The molecule has 0 amide bonds. The summed E-state index contributed by atoms with van der Waals surface area (Å²) in [7, 11) is -0.341. The van der Waals surface area contributed by atoms with Crippen molar-refractivity contribution in [1.82, 2.24) is 0 Å². The van der Waals surface area contributed by atoms with Crippen LogP contribution < -0.4 is 42.4 Å². The third-order valence-corrected chi connectivity index (χ3v) is 5.95. The molecular weight excluding hydrogens is 435 g/mol. The molecule has 5 heteroatoms. The second-order valence-electron chi connectivity index (χ2n) is 6.06. The monoisotopic (exact) mass is 456 g/mol. The summed E-state index contributed by atoms with van der Waals surface area (Å²) in [6.45, 7) is 2.28. The largest absolute Gasteiger partial charge is 4.00 e. The number of benzene rings is 2. The van der Waals surface area contributed by atoms with Gasteiger partial charge in [0.1, 0.15) is 0 Å². The fourth-order valence-corrected chi connectivity index (χ4v) is 4.90. The van der Waals surface area contributed by atoms with E-state index in [1.807, 2.05) is 0 Å². The first-order chi connectivity index (χ1) is 10.8. The molecule has 0 nitrogen and oxygen atoms in total. The van der Waals surface area contributed by atoms with Gasteiger partial charge in [-0.05, 0) is 12.0 Å². The molecule has 0 saturated carbocycles. The van der Waals surface area contributed by atoms with E-state index in [-0.39, 0.29) is 68.5 Å². The van der Waals surface area contributed by atoms with Gasteiger partial charge in [0.05, 0.1) is 9.52 Å². The van der Waals surface area contributed by atoms with Crippen molar-refractivity contribution in [2.45, 2.75) is 32.6 Å². The van der Waals surface area contributed by atoms with E-state index in [1.54, 1.807) is 10.8 Å². The van der Waals surface area contributed by atoms with E-state index in [0.717, 1.165) is 6.42 Å². The SMILES string of the molecule is CCCC1=C(Cc2ccccc2)[C-]=C([SiH2]c2ccccc2)C1.[Cl-].[Cl-].[Cl-].[Ti+4]. The quantitative estimate of drug-likeness (QED) is 0.301. The van der Waals surface area contributed by atoms with Gasteiger partial charge in [-0.15, -0.1) is 0 Å². The summed E-state index contributed by atoms with van der Waals surface area (Å²) in [5, 5.41) is 3.11. The first kappa shape index (κ1) is 27.9. The number of hydrogen-bond acceptors (Lipinski definition) is 0. The van der Waals surface area contributed by atoms with Crippen LogP contribution in [0.25, 0.3) is 0 Å². The first-order valence-electron chi connectivity index (χ1n) is 8.25. The molecule has 2 aromatic carbocycles. The van der Waals surface area contributed by atoms with Crippen LogP contribution in [0.1, 0.15) is 31.7 Å². The van der Waals surface area contributed by atoms with Crippen LogP contribution in [0, 0.1) is 6.08 Å². The average Bonchev–Trinajstić information content (AvgIpc) is 2.91. The summed E-state index contributed by atoms with van der Waals surface area (Å²) in [6.07, 6.45) is 8.46. The Morgan fingerprint density at radius 1 is 0.885 bits per heavy atom. The Balaban J connectivity index is 0. The Kier molecular flexibility index (Phi) is 15.8. The third-order valence-electron chi connectivity index (χ3n) is 4.22. The van der Waals surface area contributed by atoms with Gasteiger partial charge in [0.15, 0.2) is 0 Å². The average molecular weight is 458 g/mol. The minimum Gasteiger partial charge on any atom is -1.00 e. The van der Waals surface area contributed by atoms with E-state index in [1.165, 1.54) is 35.6 Å². The number of halogens is 3.